The minimum atomic E-state index is -2.20. The molecule has 0 atom stereocenters. The predicted molar refractivity (Wildman–Crippen MR) is 60.8 cm³/mol. The molecule has 0 aliphatic rings. The molecule has 0 radical (unpaired) electrons. The molecule has 76 valence electrons. The summed E-state index contributed by atoms with van der Waals surface area (Å²) in [6, 6.07) is 0. The van der Waals surface area contributed by atoms with Gasteiger partial charge in [-0.15, -0.1) is 0 Å². The lowest BCUT2D eigenvalue weighted by Gasteiger charge is -2.15. The maximum absolute atomic E-state index is 5.25. The van der Waals surface area contributed by atoms with Crippen molar-refractivity contribution in [2.24, 2.45) is 0 Å². The van der Waals surface area contributed by atoms with Crippen LogP contribution in [0.3, 0.4) is 0 Å². The number of thiol groups is 1. The molecule has 0 aliphatic heterocycles. The molecule has 12 heavy (non-hydrogen) atoms. The second-order valence-electron chi connectivity index (χ2n) is 2.14. The Labute approximate surface area is 85.1 Å². The molecule has 0 bridgehead atoms. The monoisotopic (exact) mass is 231 g/mol. The van der Waals surface area contributed by atoms with Crippen molar-refractivity contribution in [3.05, 3.63) is 0 Å². The van der Waals surface area contributed by atoms with E-state index in [9.17, 15) is 0 Å². The van der Waals surface area contributed by atoms with Gasteiger partial charge >= 0.3 is 0 Å². The Kier molecular flexibility index (Phi) is 10.8. The summed E-state index contributed by atoms with van der Waals surface area (Å²) in [5.74, 6) is 0. The smallest absolute Gasteiger partial charge is 0.244 e. The first kappa shape index (κ1) is 15.4. The van der Waals surface area contributed by atoms with Crippen LogP contribution in [0, 0.1) is 0 Å². The number of hydrogen-bond acceptors (Lipinski definition) is 4. The Morgan fingerprint density at radius 1 is 1.17 bits per heavy atom. The van der Waals surface area contributed by atoms with Crippen LogP contribution in [-0.4, -0.2) is 13.2 Å². The zero-order valence-corrected chi connectivity index (χ0v) is 10.3. The summed E-state index contributed by atoms with van der Waals surface area (Å²) >= 11 is 9.14. The van der Waals surface area contributed by atoms with Crippen molar-refractivity contribution in [2.75, 3.05) is 13.2 Å². The van der Waals surface area contributed by atoms with E-state index in [2.05, 4.69) is 12.2 Å². The molecule has 6 heteroatoms. The van der Waals surface area contributed by atoms with Crippen molar-refractivity contribution < 1.29 is 9.05 Å². The van der Waals surface area contributed by atoms with E-state index in [1.54, 1.807) is 0 Å². The van der Waals surface area contributed by atoms with E-state index in [1.807, 2.05) is 13.8 Å². The summed E-state index contributed by atoms with van der Waals surface area (Å²) in [6.07, 6.45) is 1.91. The Balaban J connectivity index is 0. The van der Waals surface area contributed by atoms with Crippen molar-refractivity contribution in [3.8, 4) is 0 Å². The molecule has 0 saturated carbocycles. The van der Waals surface area contributed by atoms with Crippen LogP contribution in [0.15, 0.2) is 0 Å². The summed E-state index contributed by atoms with van der Waals surface area (Å²) < 4.78 is 10.5. The van der Waals surface area contributed by atoms with Gasteiger partial charge < -0.3 is 15.2 Å². The van der Waals surface area contributed by atoms with Gasteiger partial charge in [0.2, 0.25) is 5.69 Å². The Morgan fingerprint density at radius 3 is 1.75 bits per heavy atom. The lowest BCUT2D eigenvalue weighted by atomic mass is 10.5. The third kappa shape index (κ3) is 8.97. The molecule has 0 aromatic rings. The average Bonchev–Trinajstić information content (AvgIpc) is 1.97. The first-order chi connectivity index (χ1) is 5.12. The van der Waals surface area contributed by atoms with Crippen molar-refractivity contribution in [2.45, 2.75) is 26.7 Å². The highest BCUT2D eigenvalue weighted by Gasteiger charge is 2.10. The second-order valence-corrected chi connectivity index (χ2v) is 7.42. The molecule has 0 fully saturated rings. The molecule has 0 amide bonds. The van der Waals surface area contributed by atoms with E-state index >= 15 is 0 Å². The summed E-state index contributed by atoms with van der Waals surface area (Å²) in [5.41, 5.74) is -2.20. The third-order valence-electron chi connectivity index (χ3n) is 0.917. The van der Waals surface area contributed by atoms with Gasteiger partial charge in [-0.1, -0.05) is 26.1 Å². The molecule has 3 N–H and O–H groups in total. The zero-order chi connectivity index (χ0) is 8.74. The zero-order valence-electron chi connectivity index (χ0n) is 7.65. The summed E-state index contributed by atoms with van der Waals surface area (Å²) in [4.78, 5) is 0. The van der Waals surface area contributed by atoms with Crippen LogP contribution in [0.2, 0.25) is 0 Å². The largest absolute Gasteiger partial charge is 0.344 e. The Hall–Kier alpha value is 0.880. The molecule has 3 nitrogen and oxygen atoms in total. The SMILES string of the molecule is CCCOP(=S)(S)OCCC.N. The highest BCUT2D eigenvalue weighted by atomic mass is 32.9. The van der Waals surface area contributed by atoms with Crippen molar-refractivity contribution in [3.63, 3.8) is 0 Å². The van der Waals surface area contributed by atoms with Crippen molar-refractivity contribution >= 4 is 29.7 Å². The fraction of sp³-hybridized carbons (Fsp3) is 1.00. The summed E-state index contributed by atoms with van der Waals surface area (Å²) in [7, 11) is 0. The lowest BCUT2D eigenvalue weighted by molar-refractivity contribution is 0.260. The van der Waals surface area contributed by atoms with Gasteiger partial charge in [0.1, 0.15) is 0 Å². The van der Waals surface area contributed by atoms with Crippen LogP contribution in [0.25, 0.3) is 0 Å². The van der Waals surface area contributed by atoms with Crippen LogP contribution >= 0.6 is 17.9 Å². The Morgan fingerprint density at radius 2 is 1.50 bits per heavy atom. The predicted octanol–water partition coefficient (Wildman–Crippen LogP) is 3.16. The maximum atomic E-state index is 5.25. The minimum absolute atomic E-state index is 0. The van der Waals surface area contributed by atoms with E-state index in [0.29, 0.717) is 13.2 Å². The molecule has 0 unspecified atom stereocenters. The van der Waals surface area contributed by atoms with Gasteiger partial charge in [-0.2, -0.15) is 0 Å². The molecular formula is C6H18NO2PS2. The topological polar surface area (TPSA) is 53.5 Å². The quantitative estimate of drug-likeness (QED) is 0.544. The fourth-order valence-electron chi connectivity index (χ4n) is 0.451. The van der Waals surface area contributed by atoms with Crippen LogP contribution in [-0.2, 0) is 20.9 Å². The molecule has 0 saturated heterocycles. The van der Waals surface area contributed by atoms with Gasteiger partial charge in [0, 0.05) is 0 Å². The van der Waals surface area contributed by atoms with E-state index in [-0.39, 0.29) is 6.15 Å². The highest BCUT2D eigenvalue weighted by molar-refractivity contribution is 8.60. The number of rotatable bonds is 6. The van der Waals surface area contributed by atoms with E-state index in [4.69, 9.17) is 20.9 Å². The summed E-state index contributed by atoms with van der Waals surface area (Å²) in [5, 5.41) is 0. The van der Waals surface area contributed by atoms with E-state index < -0.39 is 5.69 Å². The molecule has 0 rings (SSSR count). The minimum Gasteiger partial charge on any atom is -0.344 e. The van der Waals surface area contributed by atoms with Crippen LogP contribution < -0.4 is 6.15 Å². The van der Waals surface area contributed by atoms with Gasteiger partial charge in [0.25, 0.3) is 0 Å². The third-order valence-corrected chi connectivity index (χ3v) is 3.26. The van der Waals surface area contributed by atoms with Crippen molar-refractivity contribution in [1.82, 2.24) is 6.15 Å². The van der Waals surface area contributed by atoms with Gasteiger partial charge in [-0.25, -0.2) is 0 Å². The van der Waals surface area contributed by atoms with Gasteiger partial charge in [-0.05, 0) is 24.6 Å². The first-order valence-corrected chi connectivity index (χ1v) is 7.53. The Bertz CT molecular complexity index is 134. The lowest BCUT2D eigenvalue weighted by Crippen LogP contribution is -1.92. The highest BCUT2D eigenvalue weighted by Crippen LogP contribution is 2.53. The molecule has 0 aliphatic carbocycles. The molecular weight excluding hydrogens is 213 g/mol. The molecule has 0 heterocycles. The normalized spacial score (nSPS) is 10.9. The molecule has 0 aromatic carbocycles. The van der Waals surface area contributed by atoms with E-state index in [0.717, 1.165) is 12.8 Å². The molecule has 0 aromatic heterocycles. The fourth-order valence-corrected chi connectivity index (χ4v) is 2.29. The van der Waals surface area contributed by atoms with Crippen LogP contribution in [0.5, 0.6) is 0 Å². The summed E-state index contributed by atoms with van der Waals surface area (Å²) in [6.45, 7) is 5.35. The number of hydrogen-bond donors (Lipinski definition) is 2. The van der Waals surface area contributed by atoms with Gasteiger partial charge in [-0.3, -0.25) is 0 Å². The second kappa shape index (κ2) is 8.48. The maximum Gasteiger partial charge on any atom is 0.244 e. The van der Waals surface area contributed by atoms with Crippen LogP contribution in [0.1, 0.15) is 26.7 Å². The van der Waals surface area contributed by atoms with Crippen molar-refractivity contribution in [1.29, 1.82) is 0 Å². The van der Waals surface area contributed by atoms with Crippen LogP contribution in [0.4, 0.5) is 0 Å². The average molecular weight is 231 g/mol. The first-order valence-electron chi connectivity index (χ1n) is 3.74. The standard InChI is InChI=1S/C6H15O2PS2.H3N/c1-3-5-7-9(10,11)8-6-4-2;/h3-6H2,1-2H3,(H,10,11);1H3. The van der Waals surface area contributed by atoms with Gasteiger partial charge in [0.05, 0.1) is 13.2 Å². The molecule has 0 spiro atoms. The van der Waals surface area contributed by atoms with Gasteiger partial charge in [0.15, 0.2) is 0 Å². The van der Waals surface area contributed by atoms with E-state index in [1.165, 1.54) is 0 Å².